The molecule has 0 aliphatic heterocycles. The number of halogens is 1. The number of aromatic nitrogens is 3. The van der Waals surface area contributed by atoms with Gasteiger partial charge in [-0.2, -0.15) is 0 Å². The molecule has 1 amide bonds. The molecule has 6 nitrogen and oxygen atoms in total. The van der Waals surface area contributed by atoms with E-state index in [0.717, 1.165) is 10.0 Å². The summed E-state index contributed by atoms with van der Waals surface area (Å²) >= 11 is 3.32. The Hall–Kier alpha value is -2.02. The molecule has 7 heteroatoms. The van der Waals surface area contributed by atoms with Gasteiger partial charge in [0.25, 0.3) is 5.91 Å². The van der Waals surface area contributed by atoms with Gasteiger partial charge in [-0.1, -0.05) is 0 Å². The topological polar surface area (TPSA) is 79.8 Å². The first-order valence-corrected chi connectivity index (χ1v) is 6.32. The lowest BCUT2D eigenvalue weighted by Gasteiger charge is -2.07. The number of amides is 1. The quantitative estimate of drug-likeness (QED) is 0.906. The minimum atomic E-state index is -0.340. The molecular weight excluding hydrogens is 310 g/mol. The number of carbonyl (C=O) groups is 1. The fourth-order valence-electron chi connectivity index (χ4n) is 1.42. The normalized spacial score (nSPS) is 10.1. The van der Waals surface area contributed by atoms with Gasteiger partial charge in [-0.05, 0) is 34.5 Å². The molecular formula is C12H12BrN5O. The van der Waals surface area contributed by atoms with E-state index < -0.39 is 0 Å². The third-order valence-electron chi connectivity index (χ3n) is 2.42. The van der Waals surface area contributed by atoms with Crippen molar-refractivity contribution in [2.24, 2.45) is 0 Å². The molecule has 0 unspecified atom stereocenters. The van der Waals surface area contributed by atoms with E-state index in [4.69, 9.17) is 0 Å². The molecule has 0 saturated heterocycles. The first-order valence-electron chi connectivity index (χ1n) is 5.53. The van der Waals surface area contributed by atoms with Crippen molar-refractivity contribution in [2.75, 3.05) is 17.7 Å². The summed E-state index contributed by atoms with van der Waals surface area (Å²) in [5, 5.41) is 5.53. The molecule has 2 aromatic rings. The molecule has 2 N–H and O–H groups in total. The number of carbonyl (C=O) groups excluding carboxylic acids is 1. The number of hydrogen-bond donors (Lipinski definition) is 2. The number of hydrogen-bond acceptors (Lipinski definition) is 5. The van der Waals surface area contributed by atoms with Crippen molar-refractivity contribution in [1.29, 1.82) is 0 Å². The van der Waals surface area contributed by atoms with E-state index in [-0.39, 0.29) is 11.6 Å². The van der Waals surface area contributed by atoms with Gasteiger partial charge in [-0.3, -0.25) is 4.79 Å². The molecule has 0 aliphatic carbocycles. The number of rotatable bonds is 3. The third-order valence-corrected chi connectivity index (χ3v) is 2.85. The summed E-state index contributed by atoms with van der Waals surface area (Å²) in [6, 6.07) is 1.87. The lowest BCUT2D eigenvalue weighted by molar-refractivity contribution is 0.102. The van der Waals surface area contributed by atoms with Crippen LogP contribution in [-0.4, -0.2) is 27.9 Å². The van der Waals surface area contributed by atoms with Crippen LogP contribution >= 0.6 is 15.9 Å². The van der Waals surface area contributed by atoms with Gasteiger partial charge >= 0.3 is 0 Å². The summed E-state index contributed by atoms with van der Waals surface area (Å²) in [5.74, 6) is 0.773. The van der Waals surface area contributed by atoms with Crippen molar-refractivity contribution >= 4 is 33.5 Å². The highest BCUT2D eigenvalue weighted by molar-refractivity contribution is 9.10. The van der Waals surface area contributed by atoms with E-state index in [1.807, 2.05) is 13.0 Å². The standard InChI is InChI=1S/C12H12BrN5O/c1-7-3-8(13)4-17-11(7)18-12(19)9-5-16-10(14-2)6-15-9/h3-6H,1-2H3,(H,14,16)(H,17,18,19). The SMILES string of the molecule is CNc1cnc(C(=O)Nc2ncc(Br)cc2C)cn1. The van der Waals surface area contributed by atoms with Crippen LogP contribution in [0.3, 0.4) is 0 Å². The van der Waals surface area contributed by atoms with Crippen LogP contribution in [0.4, 0.5) is 11.6 Å². The molecule has 0 atom stereocenters. The van der Waals surface area contributed by atoms with Gasteiger partial charge in [0, 0.05) is 17.7 Å². The molecule has 2 aromatic heterocycles. The van der Waals surface area contributed by atoms with Gasteiger partial charge in [0.1, 0.15) is 17.3 Å². The fourth-order valence-corrected chi connectivity index (χ4v) is 1.86. The van der Waals surface area contributed by atoms with Crippen molar-refractivity contribution < 1.29 is 4.79 Å². The molecule has 2 heterocycles. The van der Waals surface area contributed by atoms with Crippen molar-refractivity contribution in [3.8, 4) is 0 Å². The summed E-state index contributed by atoms with van der Waals surface area (Å²) in [7, 11) is 1.73. The Bertz CT molecular complexity index is 600. The summed E-state index contributed by atoms with van der Waals surface area (Å²) in [6.45, 7) is 1.86. The van der Waals surface area contributed by atoms with Crippen molar-refractivity contribution in [3.05, 3.63) is 40.4 Å². The smallest absolute Gasteiger partial charge is 0.277 e. The Labute approximate surface area is 118 Å². The maximum absolute atomic E-state index is 12.0. The second-order valence-electron chi connectivity index (χ2n) is 3.81. The second-order valence-corrected chi connectivity index (χ2v) is 4.73. The Morgan fingerprint density at radius 1 is 1.21 bits per heavy atom. The molecule has 0 fully saturated rings. The molecule has 0 aliphatic rings. The molecule has 2 rings (SSSR count). The molecule has 0 bridgehead atoms. The molecule has 98 valence electrons. The minimum absolute atomic E-state index is 0.239. The predicted molar refractivity (Wildman–Crippen MR) is 76.2 cm³/mol. The lowest BCUT2D eigenvalue weighted by Crippen LogP contribution is -2.16. The average Bonchev–Trinajstić information content (AvgIpc) is 2.42. The summed E-state index contributed by atoms with van der Waals surface area (Å²) in [4.78, 5) is 24.2. The van der Waals surface area contributed by atoms with E-state index >= 15 is 0 Å². The van der Waals surface area contributed by atoms with E-state index in [2.05, 4.69) is 41.5 Å². The fraction of sp³-hybridized carbons (Fsp3) is 0.167. The Morgan fingerprint density at radius 3 is 2.58 bits per heavy atom. The van der Waals surface area contributed by atoms with Crippen LogP contribution in [0.25, 0.3) is 0 Å². The van der Waals surface area contributed by atoms with Crippen molar-refractivity contribution in [3.63, 3.8) is 0 Å². The minimum Gasteiger partial charge on any atom is -0.372 e. The summed E-state index contributed by atoms with van der Waals surface area (Å²) in [6.07, 6.45) is 4.53. The molecule has 0 aromatic carbocycles. The molecule has 0 spiro atoms. The first-order chi connectivity index (χ1) is 9.10. The summed E-state index contributed by atoms with van der Waals surface area (Å²) in [5.41, 5.74) is 1.10. The Balaban J connectivity index is 2.15. The monoisotopic (exact) mass is 321 g/mol. The zero-order valence-electron chi connectivity index (χ0n) is 10.4. The zero-order valence-corrected chi connectivity index (χ0v) is 12.0. The average molecular weight is 322 g/mol. The number of aryl methyl sites for hydroxylation is 1. The van der Waals surface area contributed by atoms with Gasteiger partial charge in [0.15, 0.2) is 0 Å². The van der Waals surface area contributed by atoms with Crippen molar-refractivity contribution in [2.45, 2.75) is 6.92 Å². The van der Waals surface area contributed by atoms with Crippen LogP contribution < -0.4 is 10.6 Å². The Morgan fingerprint density at radius 2 is 2.00 bits per heavy atom. The van der Waals surface area contributed by atoms with E-state index in [9.17, 15) is 4.79 Å². The van der Waals surface area contributed by atoms with Crippen LogP contribution in [0.5, 0.6) is 0 Å². The van der Waals surface area contributed by atoms with E-state index in [0.29, 0.717) is 11.6 Å². The highest BCUT2D eigenvalue weighted by Gasteiger charge is 2.10. The largest absolute Gasteiger partial charge is 0.372 e. The van der Waals surface area contributed by atoms with E-state index in [1.54, 1.807) is 13.2 Å². The number of nitrogens with one attached hydrogen (secondary N) is 2. The second kappa shape index (κ2) is 5.75. The van der Waals surface area contributed by atoms with Gasteiger partial charge in [0.05, 0.1) is 12.4 Å². The van der Waals surface area contributed by atoms with Crippen molar-refractivity contribution in [1.82, 2.24) is 15.0 Å². The third kappa shape index (κ3) is 3.25. The highest BCUT2D eigenvalue weighted by atomic mass is 79.9. The molecule has 19 heavy (non-hydrogen) atoms. The number of nitrogens with zero attached hydrogens (tertiary/aromatic N) is 3. The lowest BCUT2D eigenvalue weighted by atomic mass is 10.3. The maximum Gasteiger partial charge on any atom is 0.277 e. The van der Waals surface area contributed by atoms with Crippen LogP contribution in [0, 0.1) is 6.92 Å². The first kappa shape index (κ1) is 13.4. The van der Waals surface area contributed by atoms with E-state index in [1.165, 1.54) is 12.4 Å². The van der Waals surface area contributed by atoms with Crippen LogP contribution in [0.1, 0.15) is 16.1 Å². The number of anilines is 2. The van der Waals surface area contributed by atoms with Gasteiger partial charge < -0.3 is 10.6 Å². The van der Waals surface area contributed by atoms with Gasteiger partial charge in [0.2, 0.25) is 0 Å². The summed E-state index contributed by atoms with van der Waals surface area (Å²) < 4.78 is 0.862. The highest BCUT2D eigenvalue weighted by Crippen LogP contribution is 2.17. The molecule has 0 saturated carbocycles. The van der Waals surface area contributed by atoms with Crippen LogP contribution in [0.15, 0.2) is 29.1 Å². The van der Waals surface area contributed by atoms with Gasteiger partial charge in [-0.25, -0.2) is 15.0 Å². The van der Waals surface area contributed by atoms with Gasteiger partial charge in [-0.15, -0.1) is 0 Å². The number of pyridine rings is 1. The molecule has 0 radical (unpaired) electrons. The van der Waals surface area contributed by atoms with Crippen LogP contribution in [0.2, 0.25) is 0 Å². The predicted octanol–water partition coefficient (Wildman–Crippen LogP) is 2.24. The van der Waals surface area contributed by atoms with Crippen LogP contribution in [-0.2, 0) is 0 Å². The maximum atomic E-state index is 12.0. The Kier molecular flexibility index (Phi) is 4.06. The zero-order chi connectivity index (χ0) is 13.8.